The van der Waals surface area contributed by atoms with E-state index < -0.39 is 11.8 Å². The first-order chi connectivity index (χ1) is 11.7. The molecule has 0 radical (unpaired) electrons. The maximum Gasteiger partial charge on any atom is 0.340 e. The van der Waals surface area contributed by atoms with Gasteiger partial charge in [-0.05, 0) is 40.8 Å². The van der Waals surface area contributed by atoms with Crippen molar-refractivity contribution < 1.29 is 18.7 Å². The van der Waals surface area contributed by atoms with E-state index in [0.29, 0.717) is 22.6 Å². The van der Waals surface area contributed by atoms with Gasteiger partial charge < -0.3 is 9.47 Å². The molecule has 7 nitrogen and oxygen atoms in total. The van der Waals surface area contributed by atoms with Crippen LogP contribution in [0.5, 0.6) is 5.75 Å². The fourth-order valence-corrected chi connectivity index (χ4v) is 2.20. The van der Waals surface area contributed by atoms with E-state index in [0.717, 1.165) is 0 Å². The lowest BCUT2D eigenvalue weighted by atomic mass is 10.1. The molecular formula is C16H13FN4O3. The van der Waals surface area contributed by atoms with E-state index >= 15 is 0 Å². The Morgan fingerprint density at radius 1 is 1.25 bits per heavy atom. The Morgan fingerprint density at radius 3 is 2.83 bits per heavy atom. The number of carbonyl (C=O) groups is 1. The summed E-state index contributed by atoms with van der Waals surface area (Å²) in [7, 11) is 1.46. The van der Waals surface area contributed by atoms with Crippen molar-refractivity contribution >= 4 is 5.97 Å². The molecule has 0 atom stereocenters. The molecule has 0 saturated carbocycles. The second-order valence-corrected chi connectivity index (χ2v) is 4.80. The molecular weight excluding hydrogens is 315 g/mol. The molecule has 8 heteroatoms. The van der Waals surface area contributed by atoms with Crippen LogP contribution in [0.4, 0.5) is 4.39 Å². The van der Waals surface area contributed by atoms with Crippen LogP contribution < -0.4 is 4.74 Å². The first-order valence-electron chi connectivity index (χ1n) is 7.01. The third-order valence-electron chi connectivity index (χ3n) is 3.32. The number of benzene rings is 2. The van der Waals surface area contributed by atoms with Crippen molar-refractivity contribution in [2.45, 2.75) is 6.61 Å². The van der Waals surface area contributed by atoms with Crippen LogP contribution in [0.2, 0.25) is 0 Å². The highest BCUT2D eigenvalue weighted by atomic mass is 19.1. The van der Waals surface area contributed by atoms with Crippen molar-refractivity contribution in [2.24, 2.45) is 0 Å². The molecule has 0 aliphatic heterocycles. The van der Waals surface area contributed by atoms with E-state index in [1.165, 1.54) is 36.3 Å². The van der Waals surface area contributed by atoms with Gasteiger partial charge >= 0.3 is 5.97 Å². The number of para-hydroxylation sites is 1. The molecule has 0 aliphatic rings. The van der Waals surface area contributed by atoms with E-state index in [1.54, 1.807) is 24.3 Å². The molecule has 0 bridgehead atoms. The summed E-state index contributed by atoms with van der Waals surface area (Å²) in [5.41, 5.74) is 1.21. The van der Waals surface area contributed by atoms with Gasteiger partial charge in [0.1, 0.15) is 24.5 Å². The van der Waals surface area contributed by atoms with Crippen molar-refractivity contribution in [3.05, 3.63) is 65.7 Å². The maximum absolute atomic E-state index is 13.4. The van der Waals surface area contributed by atoms with Gasteiger partial charge in [0, 0.05) is 5.56 Å². The second kappa shape index (κ2) is 6.86. The van der Waals surface area contributed by atoms with Crippen LogP contribution in [0, 0.1) is 5.82 Å². The van der Waals surface area contributed by atoms with Crippen LogP contribution in [0.15, 0.2) is 48.8 Å². The first-order valence-corrected chi connectivity index (χ1v) is 7.01. The number of tetrazole rings is 1. The minimum Gasteiger partial charge on any atom is -0.496 e. The SMILES string of the molecule is COc1ccc(F)cc1COC(=O)c1ccccc1-n1cnnn1. The van der Waals surface area contributed by atoms with Crippen LogP contribution in [0.3, 0.4) is 0 Å². The zero-order valence-corrected chi connectivity index (χ0v) is 12.7. The predicted molar refractivity (Wildman–Crippen MR) is 81.2 cm³/mol. The third-order valence-corrected chi connectivity index (χ3v) is 3.32. The number of carbonyl (C=O) groups excluding carboxylic acids is 1. The van der Waals surface area contributed by atoms with Crippen molar-refractivity contribution in [3.8, 4) is 11.4 Å². The molecule has 0 aliphatic carbocycles. The fourth-order valence-electron chi connectivity index (χ4n) is 2.20. The molecule has 0 fully saturated rings. The standard InChI is InChI=1S/C16H13FN4O3/c1-23-15-7-6-12(17)8-11(15)9-24-16(22)13-4-2-3-5-14(13)21-10-18-19-20-21/h2-8,10H,9H2,1H3. The predicted octanol–water partition coefficient (Wildman–Crippen LogP) is 2.17. The van der Waals surface area contributed by atoms with Gasteiger partial charge in [-0.25, -0.2) is 9.18 Å². The fraction of sp³-hybridized carbons (Fsp3) is 0.125. The molecule has 1 heterocycles. The summed E-state index contributed by atoms with van der Waals surface area (Å²) in [6, 6.07) is 10.8. The maximum atomic E-state index is 13.4. The lowest BCUT2D eigenvalue weighted by Gasteiger charge is -2.11. The number of nitrogens with zero attached hydrogens (tertiary/aromatic N) is 4. The Labute approximate surface area is 136 Å². The van der Waals surface area contributed by atoms with E-state index in [4.69, 9.17) is 9.47 Å². The van der Waals surface area contributed by atoms with Gasteiger partial charge in [-0.3, -0.25) is 0 Å². The van der Waals surface area contributed by atoms with E-state index in [-0.39, 0.29) is 6.61 Å². The van der Waals surface area contributed by atoms with Crippen molar-refractivity contribution in [2.75, 3.05) is 7.11 Å². The second-order valence-electron chi connectivity index (χ2n) is 4.80. The minimum absolute atomic E-state index is 0.121. The number of methoxy groups -OCH3 is 1. The molecule has 0 N–H and O–H groups in total. The monoisotopic (exact) mass is 328 g/mol. The molecule has 1 aromatic heterocycles. The largest absolute Gasteiger partial charge is 0.496 e. The number of hydrogen-bond donors (Lipinski definition) is 0. The quantitative estimate of drug-likeness (QED) is 0.668. The smallest absolute Gasteiger partial charge is 0.340 e. The zero-order valence-electron chi connectivity index (χ0n) is 12.7. The van der Waals surface area contributed by atoms with E-state index in [1.807, 2.05) is 0 Å². The molecule has 24 heavy (non-hydrogen) atoms. The highest BCUT2D eigenvalue weighted by molar-refractivity contribution is 5.93. The van der Waals surface area contributed by atoms with Crippen LogP contribution in [0.25, 0.3) is 5.69 Å². The Kier molecular flexibility index (Phi) is 4.46. The summed E-state index contributed by atoms with van der Waals surface area (Å²) in [5.74, 6) is -0.568. The molecule has 3 aromatic rings. The molecule has 3 rings (SSSR count). The van der Waals surface area contributed by atoms with Crippen molar-refractivity contribution in [1.82, 2.24) is 20.2 Å². The summed E-state index contributed by atoms with van der Waals surface area (Å²) in [6.07, 6.45) is 1.38. The van der Waals surface area contributed by atoms with Crippen molar-refractivity contribution in [3.63, 3.8) is 0 Å². The number of hydrogen-bond acceptors (Lipinski definition) is 6. The van der Waals surface area contributed by atoms with Crippen LogP contribution in [-0.2, 0) is 11.3 Å². The van der Waals surface area contributed by atoms with Gasteiger partial charge in [0.2, 0.25) is 0 Å². The van der Waals surface area contributed by atoms with Gasteiger partial charge in [-0.2, -0.15) is 4.68 Å². The average molecular weight is 328 g/mol. The number of ether oxygens (including phenoxy) is 2. The van der Waals surface area contributed by atoms with Gasteiger partial charge in [0.25, 0.3) is 0 Å². The topological polar surface area (TPSA) is 79.1 Å². The van der Waals surface area contributed by atoms with E-state index in [9.17, 15) is 9.18 Å². The van der Waals surface area contributed by atoms with Crippen molar-refractivity contribution in [1.29, 1.82) is 0 Å². The molecule has 2 aromatic carbocycles. The van der Waals surface area contributed by atoms with Gasteiger partial charge in [-0.1, -0.05) is 12.1 Å². The van der Waals surface area contributed by atoms with Crippen LogP contribution in [0.1, 0.15) is 15.9 Å². The molecule has 0 saturated heterocycles. The van der Waals surface area contributed by atoms with Crippen LogP contribution in [-0.4, -0.2) is 33.3 Å². The number of aromatic nitrogens is 4. The lowest BCUT2D eigenvalue weighted by molar-refractivity contribution is 0.0469. The normalized spacial score (nSPS) is 10.4. The summed E-state index contributed by atoms with van der Waals surface area (Å²) in [4.78, 5) is 12.4. The summed E-state index contributed by atoms with van der Waals surface area (Å²) < 4.78 is 25.1. The Balaban J connectivity index is 1.81. The minimum atomic E-state index is -0.576. The first kappa shape index (κ1) is 15.6. The highest BCUT2D eigenvalue weighted by Gasteiger charge is 2.16. The molecule has 0 spiro atoms. The molecule has 0 amide bonds. The lowest BCUT2D eigenvalue weighted by Crippen LogP contribution is -2.10. The van der Waals surface area contributed by atoms with Gasteiger partial charge in [-0.15, -0.1) is 5.10 Å². The van der Waals surface area contributed by atoms with Crippen LogP contribution >= 0.6 is 0 Å². The molecule has 122 valence electrons. The number of rotatable bonds is 5. The average Bonchev–Trinajstić information content (AvgIpc) is 3.14. The Bertz CT molecular complexity index is 852. The Morgan fingerprint density at radius 2 is 2.08 bits per heavy atom. The zero-order chi connectivity index (χ0) is 16.9. The van der Waals surface area contributed by atoms with Gasteiger partial charge in [0.05, 0.1) is 18.4 Å². The Hall–Kier alpha value is -3.29. The summed E-state index contributed by atoms with van der Waals surface area (Å²) in [6.45, 7) is -0.121. The number of esters is 1. The molecule has 0 unspecified atom stereocenters. The summed E-state index contributed by atoms with van der Waals surface area (Å²) >= 11 is 0. The summed E-state index contributed by atoms with van der Waals surface area (Å²) in [5, 5.41) is 10.9. The highest BCUT2D eigenvalue weighted by Crippen LogP contribution is 2.21. The van der Waals surface area contributed by atoms with E-state index in [2.05, 4.69) is 15.5 Å². The number of halogens is 1. The van der Waals surface area contributed by atoms with Gasteiger partial charge in [0.15, 0.2) is 0 Å². The third kappa shape index (κ3) is 3.22.